The van der Waals surface area contributed by atoms with Gasteiger partial charge in [0.25, 0.3) is 6.43 Å². The molecule has 0 spiro atoms. The first-order valence-electron chi connectivity index (χ1n) is 9.13. The molecule has 1 aromatic carbocycles. The van der Waals surface area contributed by atoms with E-state index in [9.17, 15) is 8.78 Å². The summed E-state index contributed by atoms with van der Waals surface area (Å²) in [5, 5.41) is 3.32. The van der Waals surface area contributed by atoms with Crippen molar-refractivity contribution in [1.29, 1.82) is 0 Å². The van der Waals surface area contributed by atoms with Gasteiger partial charge in [-0.2, -0.15) is 0 Å². The maximum atomic E-state index is 12.3. The summed E-state index contributed by atoms with van der Waals surface area (Å²) in [4.78, 5) is 17.3. The van der Waals surface area contributed by atoms with Crippen LogP contribution in [-0.4, -0.2) is 67.1 Å². The van der Waals surface area contributed by atoms with E-state index in [0.29, 0.717) is 12.3 Å². The molecule has 9 heteroatoms. The molecule has 150 valence electrons. The number of piperazine rings is 1. The van der Waals surface area contributed by atoms with Gasteiger partial charge in [-0.3, -0.25) is 4.99 Å². The number of rotatable bonds is 6. The van der Waals surface area contributed by atoms with Crippen LogP contribution in [0.15, 0.2) is 47.7 Å². The average Bonchev–Trinajstić information content (AvgIpc) is 2.74. The fourth-order valence-electron chi connectivity index (χ4n) is 2.99. The summed E-state index contributed by atoms with van der Waals surface area (Å²) in [7, 11) is 1.75. The monoisotopic (exact) mass is 390 g/mol. The van der Waals surface area contributed by atoms with Crippen molar-refractivity contribution in [3.63, 3.8) is 0 Å². The first-order valence-corrected chi connectivity index (χ1v) is 9.13. The molecule has 1 saturated heterocycles. The highest BCUT2D eigenvalue weighted by molar-refractivity contribution is 5.80. The molecule has 0 atom stereocenters. The molecule has 0 radical (unpaired) electrons. The fraction of sp³-hybridized carbons (Fsp3) is 0.421. The first kappa shape index (κ1) is 19.8. The number of hydrogen-bond acceptors (Lipinski definition) is 5. The van der Waals surface area contributed by atoms with E-state index in [1.54, 1.807) is 43.7 Å². The molecular formula is C19H24F2N6O. The van der Waals surface area contributed by atoms with E-state index in [4.69, 9.17) is 4.74 Å². The Balaban J connectivity index is 1.51. The topological polar surface area (TPSA) is 65.9 Å². The minimum atomic E-state index is -2.49. The zero-order chi connectivity index (χ0) is 19.8. The third-order valence-electron chi connectivity index (χ3n) is 4.35. The molecule has 1 fully saturated rings. The molecule has 2 heterocycles. The van der Waals surface area contributed by atoms with Crippen LogP contribution in [0.1, 0.15) is 5.56 Å². The molecule has 0 saturated carbocycles. The summed E-state index contributed by atoms with van der Waals surface area (Å²) < 4.78 is 29.7. The standard InChI is InChI=1S/C19H24F2N6O/c1-22-18(25-13-15-4-2-5-16(12-15)28-14-17(20)21)26-8-10-27(11-9-26)19-23-6-3-7-24-19/h2-7,12,17H,8-11,13-14H2,1H3,(H,22,25). The van der Waals surface area contributed by atoms with E-state index >= 15 is 0 Å². The van der Waals surface area contributed by atoms with Crippen LogP contribution in [0.3, 0.4) is 0 Å². The van der Waals surface area contributed by atoms with Gasteiger partial charge in [-0.25, -0.2) is 18.7 Å². The van der Waals surface area contributed by atoms with Crippen LogP contribution < -0.4 is 15.0 Å². The van der Waals surface area contributed by atoms with Gasteiger partial charge in [-0.1, -0.05) is 12.1 Å². The summed E-state index contributed by atoms with van der Waals surface area (Å²) >= 11 is 0. The Morgan fingerprint density at radius 2 is 1.93 bits per heavy atom. The summed E-state index contributed by atoms with van der Waals surface area (Å²) in [5.41, 5.74) is 0.934. The van der Waals surface area contributed by atoms with Gasteiger partial charge in [0, 0.05) is 52.2 Å². The third kappa shape index (κ3) is 5.51. The number of nitrogens with one attached hydrogen (secondary N) is 1. The summed E-state index contributed by atoms with van der Waals surface area (Å²) in [6.45, 7) is 3.14. The number of aromatic nitrogens is 2. The van der Waals surface area contributed by atoms with E-state index in [1.807, 2.05) is 6.07 Å². The smallest absolute Gasteiger partial charge is 0.272 e. The van der Waals surface area contributed by atoms with Gasteiger partial charge in [-0.05, 0) is 23.8 Å². The number of anilines is 1. The molecule has 0 aliphatic carbocycles. The van der Waals surface area contributed by atoms with Gasteiger partial charge < -0.3 is 19.9 Å². The Morgan fingerprint density at radius 1 is 1.18 bits per heavy atom. The molecule has 1 aliphatic rings. The lowest BCUT2D eigenvalue weighted by Crippen LogP contribution is -2.52. The number of halogens is 2. The Bertz CT molecular complexity index is 766. The molecule has 1 aliphatic heterocycles. The van der Waals surface area contributed by atoms with Crippen molar-refractivity contribution < 1.29 is 13.5 Å². The molecule has 3 rings (SSSR count). The zero-order valence-electron chi connectivity index (χ0n) is 15.8. The maximum absolute atomic E-state index is 12.3. The van der Waals surface area contributed by atoms with Crippen molar-refractivity contribution in [3.8, 4) is 5.75 Å². The molecule has 1 aromatic heterocycles. The van der Waals surface area contributed by atoms with Crippen molar-refractivity contribution in [1.82, 2.24) is 20.2 Å². The van der Waals surface area contributed by atoms with Crippen molar-refractivity contribution in [3.05, 3.63) is 48.3 Å². The van der Waals surface area contributed by atoms with Crippen LogP contribution in [0.5, 0.6) is 5.75 Å². The van der Waals surface area contributed by atoms with E-state index in [2.05, 4.69) is 30.1 Å². The van der Waals surface area contributed by atoms with Crippen LogP contribution in [0.25, 0.3) is 0 Å². The molecule has 0 amide bonds. The highest BCUT2D eigenvalue weighted by Crippen LogP contribution is 2.15. The molecular weight excluding hydrogens is 366 g/mol. The van der Waals surface area contributed by atoms with Crippen molar-refractivity contribution >= 4 is 11.9 Å². The van der Waals surface area contributed by atoms with Crippen molar-refractivity contribution in [2.45, 2.75) is 13.0 Å². The Hall–Kier alpha value is -2.97. The lowest BCUT2D eigenvalue weighted by Gasteiger charge is -2.36. The van der Waals surface area contributed by atoms with Crippen molar-refractivity contribution in [2.75, 3.05) is 44.7 Å². The van der Waals surface area contributed by atoms with E-state index < -0.39 is 13.0 Å². The van der Waals surface area contributed by atoms with Gasteiger partial charge in [0.2, 0.25) is 5.95 Å². The molecule has 28 heavy (non-hydrogen) atoms. The summed E-state index contributed by atoms with van der Waals surface area (Å²) in [6.07, 6.45) is 1.00. The van der Waals surface area contributed by atoms with Gasteiger partial charge in [0.15, 0.2) is 5.96 Å². The Kier molecular flexibility index (Phi) is 6.94. The number of nitrogens with zero attached hydrogens (tertiary/aromatic N) is 5. The zero-order valence-corrected chi connectivity index (χ0v) is 15.8. The second-order valence-electron chi connectivity index (χ2n) is 6.27. The first-order chi connectivity index (χ1) is 13.7. The minimum Gasteiger partial charge on any atom is -0.488 e. The van der Waals surface area contributed by atoms with Gasteiger partial charge in [0.05, 0.1) is 0 Å². The van der Waals surface area contributed by atoms with Crippen LogP contribution >= 0.6 is 0 Å². The van der Waals surface area contributed by atoms with Gasteiger partial charge in [-0.15, -0.1) is 0 Å². The molecule has 0 unspecified atom stereocenters. The van der Waals surface area contributed by atoms with Crippen LogP contribution in [0.2, 0.25) is 0 Å². The minimum absolute atomic E-state index is 0.436. The number of guanidine groups is 1. The number of aliphatic imine (C=N–C) groups is 1. The van der Waals surface area contributed by atoms with E-state index in [0.717, 1.165) is 43.7 Å². The van der Waals surface area contributed by atoms with Crippen LogP contribution in [0, 0.1) is 0 Å². The van der Waals surface area contributed by atoms with Crippen LogP contribution in [-0.2, 0) is 6.54 Å². The summed E-state index contributed by atoms with van der Waals surface area (Å²) in [5.74, 6) is 1.98. The Labute approximate surface area is 163 Å². The predicted molar refractivity (Wildman–Crippen MR) is 104 cm³/mol. The number of hydrogen-bond donors (Lipinski definition) is 1. The molecule has 0 bridgehead atoms. The maximum Gasteiger partial charge on any atom is 0.272 e. The number of ether oxygens (including phenoxy) is 1. The highest BCUT2D eigenvalue weighted by Gasteiger charge is 2.21. The lowest BCUT2D eigenvalue weighted by molar-refractivity contribution is 0.0818. The fourth-order valence-corrected chi connectivity index (χ4v) is 2.99. The normalized spacial score (nSPS) is 15.1. The van der Waals surface area contributed by atoms with E-state index in [-0.39, 0.29) is 0 Å². The lowest BCUT2D eigenvalue weighted by atomic mass is 10.2. The largest absolute Gasteiger partial charge is 0.488 e. The quantitative estimate of drug-likeness (QED) is 0.601. The van der Waals surface area contributed by atoms with Crippen molar-refractivity contribution in [2.24, 2.45) is 4.99 Å². The Morgan fingerprint density at radius 3 is 2.61 bits per heavy atom. The molecule has 7 nitrogen and oxygen atoms in total. The third-order valence-corrected chi connectivity index (χ3v) is 4.35. The summed E-state index contributed by atoms with van der Waals surface area (Å²) in [6, 6.07) is 8.94. The molecule has 1 N–H and O–H groups in total. The van der Waals surface area contributed by atoms with Gasteiger partial charge >= 0.3 is 0 Å². The number of benzene rings is 1. The van der Waals surface area contributed by atoms with E-state index in [1.165, 1.54) is 0 Å². The van der Waals surface area contributed by atoms with Gasteiger partial charge in [0.1, 0.15) is 12.4 Å². The SMILES string of the molecule is CN=C(NCc1cccc(OCC(F)F)c1)N1CCN(c2ncccn2)CC1. The van der Waals surface area contributed by atoms with Crippen LogP contribution in [0.4, 0.5) is 14.7 Å². The second kappa shape index (κ2) is 9.82. The second-order valence-corrected chi connectivity index (χ2v) is 6.27. The number of alkyl halides is 2. The predicted octanol–water partition coefficient (Wildman–Crippen LogP) is 2.02. The molecule has 2 aromatic rings. The average molecular weight is 390 g/mol. The highest BCUT2D eigenvalue weighted by atomic mass is 19.3.